The Morgan fingerprint density at radius 2 is 1.88 bits per heavy atom. The summed E-state index contributed by atoms with van der Waals surface area (Å²) in [7, 11) is 8.36. The van der Waals surface area contributed by atoms with Gasteiger partial charge in [-0.3, -0.25) is 0 Å². The highest BCUT2D eigenvalue weighted by Gasteiger charge is 2.11. The van der Waals surface area contributed by atoms with Gasteiger partial charge in [0.25, 0.3) is 0 Å². The van der Waals surface area contributed by atoms with Crippen LogP contribution < -0.4 is 4.90 Å². The smallest absolute Gasteiger partial charge is 0.0571 e. The molecule has 0 aromatic heterocycles. The monoisotopic (exact) mass is 218 g/mol. The van der Waals surface area contributed by atoms with Crippen LogP contribution in [0.15, 0.2) is 18.2 Å². The summed E-state index contributed by atoms with van der Waals surface area (Å²) in [6.45, 7) is 3.37. The molecule has 1 aliphatic heterocycles. The van der Waals surface area contributed by atoms with E-state index in [-0.39, 0.29) is 0 Å². The second kappa shape index (κ2) is 4.98. The highest BCUT2D eigenvalue weighted by molar-refractivity contribution is 5.33. The first kappa shape index (κ1) is 11.6. The van der Waals surface area contributed by atoms with Crippen molar-refractivity contribution in [2.75, 3.05) is 27.2 Å². The summed E-state index contributed by atoms with van der Waals surface area (Å²) in [5.41, 5.74) is 4.50. The normalized spacial score (nSPS) is 20.6. The average molecular weight is 218 g/mol. The summed E-state index contributed by atoms with van der Waals surface area (Å²) in [6.07, 6.45) is 2.35. The minimum atomic E-state index is 1.04. The van der Waals surface area contributed by atoms with Crippen molar-refractivity contribution < 1.29 is 4.90 Å². The third kappa shape index (κ3) is 2.83. The summed E-state index contributed by atoms with van der Waals surface area (Å²) < 4.78 is 0. The summed E-state index contributed by atoms with van der Waals surface area (Å²) in [5.74, 6) is 0. The van der Waals surface area contributed by atoms with Crippen molar-refractivity contribution in [1.29, 1.82) is 0 Å². The van der Waals surface area contributed by atoms with Gasteiger partial charge in [-0.05, 0) is 30.8 Å². The quantitative estimate of drug-likeness (QED) is 0.711. The van der Waals surface area contributed by atoms with Gasteiger partial charge in [0, 0.05) is 19.4 Å². The molecule has 1 atom stereocenters. The molecule has 1 aromatic rings. The fourth-order valence-electron chi connectivity index (χ4n) is 2.37. The zero-order valence-corrected chi connectivity index (χ0v) is 10.4. The van der Waals surface area contributed by atoms with E-state index in [1.54, 1.807) is 0 Å². The zero-order chi connectivity index (χ0) is 11.5. The van der Waals surface area contributed by atoms with Crippen LogP contribution >= 0.6 is 0 Å². The van der Waals surface area contributed by atoms with Gasteiger partial charge >= 0.3 is 0 Å². The van der Waals surface area contributed by atoms with Gasteiger partial charge in [-0.15, -0.1) is 0 Å². The van der Waals surface area contributed by atoms with Crippen LogP contribution in [-0.4, -0.2) is 32.1 Å². The van der Waals surface area contributed by atoms with Crippen LogP contribution in [0.1, 0.15) is 16.7 Å². The average Bonchev–Trinajstić information content (AvgIpc) is 2.40. The molecule has 0 radical (unpaired) electrons. The van der Waals surface area contributed by atoms with E-state index in [1.165, 1.54) is 47.5 Å². The number of quaternary nitrogens is 1. The van der Waals surface area contributed by atoms with E-state index >= 15 is 0 Å². The lowest BCUT2D eigenvalue weighted by molar-refractivity contribution is -0.852. The molecule has 2 rings (SSSR count). The topological polar surface area (TPSA) is 7.68 Å². The Hall–Kier alpha value is -0.860. The zero-order valence-electron chi connectivity index (χ0n) is 10.4. The van der Waals surface area contributed by atoms with E-state index in [2.05, 4.69) is 44.2 Å². The number of nitrogens with zero attached hydrogens (tertiary/aromatic N) is 1. The molecule has 1 aromatic carbocycles. The Labute approximate surface area is 98.9 Å². The molecule has 0 saturated carbocycles. The van der Waals surface area contributed by atoms with E-state index in [0.29, 0.717) is 0 Å². The van der Waals surface area contributed by atoms with Crippen molar-refractivity contribution in [1.82, 2.24) is 4.90 Å². The molecule has 1 N–H and O–H groups in total. The number of hydrogen-bond acceptors (Lipinski definition) is 1. The Bertz CT molecular complexity index is 358. The first-order valence-electron chi connectivity index (χ1n) is 6.07. The largest absolute Gasteiger partial charge is 0.467 e. The lowest BCUT2D eigenvalue weighted by Gasteiger charge is -2.16. The van der Waals surface area contributed by atoms with Gasteiger partial charge in [-0.2, -0.15) is 7.05 Å². The van der Waals surface area contributed by atoms with Crippen molar-refractivity contribution in [3.05, 3.63) is 41.9 Å². The maximum absolute atomic E-state index is 4.12. The van der Waals surface area contributed by atoms with Crippen molar-refractivity contribution in [3.63, 3.8) is 0 Å². The molecule has 16 heavy (non-hydrogen) atoms. The van der Waals surface area contributed by atoms with Crippen LogP contribution in [0.2, 0.25) is 0 Å². The molecule has 0 saturated heterocycles. The van der Waals surface area contributed by atoms with E-state index in [1.807, 2.05) is 0 Å². The highest BCUT2D eigenvalue weighted by atomic mass is 15.1. The van der Waals surface area contributed by atoms with E-state index in [4.69, 9.17) is 0 Å². The molecule has 1 aliphatic rings. The van der Waals surface area contributed by atoms with Crippen molar-refractivity contribution in [2.45, 2.75) is 19.4 Å². The second-order valence-electron chi connectivity index (χ2n) is 5.09. The first-order valence-corrected chi connectivity index (χ1v) is 6.07. The van der Waals surface area contributed by atoms with Crippen molar-refractivity contribution in [2.24, 2.45) is 0 Å². The summed E-state index contributed by atoms with van der Waals surface area (Å²) >= 11 is 0. The Morgan fingerprint density at radius 3 is 2.56 bits per heavy atom. The van der Waals surface area contributed by atoms with E-state index in [9.17, 15) is 0 Å². The molecule has 0 bridgehead atoms. The molecule has 88 valence electrons. The third-order valence-corrected chi connectivity index (χ3v) is 3.27. The summed E-state index contributed by atoms with van der Waals surface area (Å²) in [5, 5.41) is 0. The SMILES string of the molecule is [CH2-][NH+]1CCc2ccc(CN(C)C)cc2CC1. The summed E-state index contributed by atoms with van der Waals surface area (Å²) in [4.78, 5) is 3.63. The predicted octanol–water partition coefficient (Wildman–Crippen LogP) is 0.523. The molecular weight excluding hydrogens is 196 g/mol. The minimum Gasteiger partial charge on any atom is -0.467 e. The van der Waals surface area contributed by atoms with Crippen LogP contribution in [0.4, 0.5) is 0 Å². The standard InChI is InChI=1S/C14H22N2/c1-15(2)11-12-4-5-13-6-8-16(3)9-7-14(13)10-12/h4-5,10,16H,3,6-9,11H2,1-2H3. The van der Waals surface area contributed by atoms with Crippen LogP contribution in [0.3, 0.4) is 0 Å². The van der Waals surface area contributed by atoms with Crippen LogP contribution in [0.25, 0.3) is 0 Å². The molecule has 0 amide bonds. The van der Waals surface area contributed by atoms with Gasteiger partial charge in [0.05, 0.1) is 13.1 Å². The van der Waals surface area contributed by atoms with Gasteiger partial charge in [0.2, 0.25) is 0 Å². The van der Waals surface area contributed by atoms with Gasteiger partial charge in [-0.25, -0.2) is 0 Å². The molecule has 2 heteroatoms. The Balaban J connectivity index is 2.18. The molecule has 1 unspecified atom stereocenters. The number of hydrogen-bond donors (Lipinski definition) is 1. The molecule has 0 aliphatic carbocycles. The van der Waals surface area contributed by atoms with Crippen LogP contribution in [-0.2, 0) is 19.4 Å². The van der Waals surface area contributed by atoms with E-state index in [0.717, 1.165) is 6.54 Å². The number of benzene rings is 1. The van der Waals surface area contributed by atoms with E-state index < -0.39 is 0 Å². The number of rotatable bonds is 2. The first-order chi connectivity index (χ1) is 7.65. The Kier molecular flexibility index (Phi) is 3.62. The molecule has 0 spiro atoms. The maximum Gasteiger partial charge on any atom is 0.0571 e. The maximum atomic E-state index is 4.12. The number of nitrogens with one attached hydrogen (secondary N) is 1. The second-order valence-corrected chi connectivity index (χ2v) is 5.09. The highest BCUT2D eigenvalue weighted by Crippen LogP contribution is 2.15. The lowest BCUT2D eigenvalue weighted by atomic mass is 10.00. The van der Waals surface area contributed by atoms with Gasteiger partial charge in [0.1, 0.15) is 0 Å². The Morgan fingerprint density at radius 1 is 1.19 bits per heavy atom. The number of fused-ring (bicyclic) bond motifs is 1. The predicted molar refractivity (Wildman–Crippen MR) is 67.3 cm³/mol. The van der Waals surface area contributed by atoms with Crippen LogP contribution in [0, 0.1) is 7.05 Å². The molecule has 0 fully saturated rings. The van der Waals surface area contributed by atoms with Crippen molar-refractivity contribution >= 4 is 0 Å². The molecule has 1 heterocycles. The van der Waals surface area contributed by atoms with Crippen molar-refractivity contribution in [3.8, 4) is 0 Å². The minimum absolute atomic E-state index is 1.04. The van der Waals surface area contributed by atoms with Gasteiger partial charge in [-0.1, -0.05) is 18.2 Å². The van der Waals surface area contributed by atoms with Gasteiger partial charge < -0.3 is 9.80 Å². The third-order valence-electron chi connectivity index (χ3n) is 3.27. The molecule has 2 nitrogen and oxygen atoms in total. The fraction of sp³-hybridized carbons (Fsp3) is 0.500. The van der Waals surface area contributed by atoms with Crippen LogP contribution in [0.5, 0.6) is 0 Å². The lowest BCUT2D eigenvalue weighted by Crippen LogP contribution is -3.07. The van der Waals surface area contributed by atoms with Gasteiger partial charge in [0.15, 0.2) is 0 Å². The summed E-state index contributed by atoms with van der Waals surface area (Å²) in [6, 6.07) is 6.97. The molecular formula is C14H22N2. The fourth-order valence-corrected chi connectivity index (χ4v) is 2.37.